The minimum Gasteiger partial charge on any atom is -0.298 e. The molecule has 2 saturated heterocycles. The topological polar surface area (TPSA) is 29.0 Å². The number of alkyl halides is 1. The number of hydrogen-bond donors (Lipinski definition) is 0. The molecule has 0 aliphatic carbocycles. The zero-order valence-corrected chi connectivity index (χ0v) is 11.3. The second-order valence-electron chi connectivity index (χ2n) is 4.82. The highest BCUT2D eigenvalue weighted by Crippen LogP contribution is 2.49. The Morgan fingerprint density at radius 2 is 2.25 bits per heavy atom. The highest BCUT2D eigenvalue weighted by Gasteiger charge is 2.52. The Labute approximate surface area is 109 Å². The molecule has 6 heteroatoms. The van der Waals surface area contributed by atoms with E-state index in [1.54, 1.807) is 0 Å². The van der Waals surface area contributed by atoms with Gasteiger partial charge in [-0.05, 0) is 25.7 Å². The molecule has 16 heavy (non-hydrogen) atoms. The predicted octanol–water partition coefficient (Wildman–Crippen LogP) is 2.74. The van der Waals surface area contributed by atoms with Crippen molar-refractivity contribution in [3.63, 3.8) is 0 Å². The molecule has 2 aliphatic heterocycles. The van der Waals surface area contributed by atoms with Crippen molar-refractivity contribution >= 4 is 34.9 Å². The second kappa shape index (κ2) is 3.80. The summed E-state index contributed by atoms with van der Waals surface area (Å²) in [5, 5.41) is 0.487. The van der Waals surface area contributed by atoms with E-state index in [4.69, 9.17) is 23.2 Å². The molecule has 3 nitrogen and oxygen atoms in total. The average molecular weight is 278 g/mol. The van der Waals surface area contributed by atoms with E-state index < -0.39 is 4.87 Å². The van der Waals surface area contributed by atoms with Crippen molar-refractivity contribution in [2.45, 2.75) is 30.7 Å². The van der Waals surface area contributed by atoms with Gasteiger partial charge < -0.3 is 0 Å². The fourth-order valence-electron chi connectivity index (χ4n) is 2.89. The van der Waals surface area contributed by atoms with Crippen LogP contribution in [0, 0.1) is 5.92 Å². The lowest BCUT2D eigenvalue weighted by Crippen LogP contribution is -2.34. The lowest BCUT2D eigenvalue weighted by molar-refractivity contribution is 0.195. The summed E-state index contributed by atoms with van der Waals surface area (Å²) in [7, 11) is 0. The number of piperidine rings is 1. The van der Waals surface area contributed by atoms with Crippen molar-refractivity contribution in [1.29, 1.82) is 0 Å². The predicted molar refractivity (Wildman–Crippen MR) is 66.2 cm³/mol. The molecule has 0 radical (unpaired) electrons. The summed E-state index contributed by atoms with van der Waals surface area (Å²) in [6.45, 7) is 4.18. The summed E-state index contributed by atoms with van der Waals surface area (Å²) in [5.74, 6) is 0.465. The van der Waals surface area contributed by atoms with Gasteiger partial charge in [-0.25, -0.2) is 0 Å². The van der Waals surface area contributed by atoms with Gasteiger partial charge in [-0.15, -0.1) is 11.6 Å². The molecule has 0 saturated carbocycles. The van der Waals surface area contributed by atoms with Gasteiger partial charge in [-0.3, -0.25) is 4.90 Å². The van der Waals surface area contributed by atoms with E-state index in [0.29, 0.717) is 17.1 Å². The highest BCUT2D eigenvalue weighted by atomic mass is 35.5. The van der Waals surface area contributed by atoms with Gasteiger partial charge in [0.1, 0.15) is 10.6 Å². The first-order valence-corrected chi connectivity index (χ1v) is 7.01. The van der Waals surface area contributed by atoms with Gasteiger partial charge in [0.15, 0.2) is 5.15 Å². The average Bonchev–Trinajstić information content (AvgIpc) is 2.78. The van der Waals surface area contributed by atoms with Gasteiger partial charge in [0, 0.05) is 19.1 Å². The summed E-state index contributed by atoms with van der Waals surface area (Å²) in [6.07, 6.45) is 2.38. The van der Waals surface area contributed by atoms with Crippen molar-refractivity contribution in [3.8, 4) is 0 Å². The Bertz CT molecular complexity index is 411. The monoisotopic (exact) mass is 277 g/mol. The van der Waals surface area contributed by atoms with Crippen LogP contribution in [0.15, 0.2) is 0 Å². The maximum atomic E-state index is 6.79. The minimum absolute atomic E-state index is 0.408. The first-order valence-electron chi connectivity index (χ1n) is 5.53. The number of nitrogens with zero attached hydrogens (tertiary/aromatic N) is 3. The van der Waals surface area contributed by atoms with E-state index in [1.807, 2.05) is 0 Å². The quantitative estimate of drug-likeness (QED) is 0.740. The van der Waals surface area contributed by atoms with E-state index in [0.717, 1.165) is 36.9 Å². The normalized spacial score (nSPS) is 42.6. The maximum Gasteiger partial charge on any atom is 0.167 e. The molecule has 2 aliphatic rings. The summed E-state index contributed by atoms with van der Waals surface area (Å²) in [5.41, 5.74) is 0.794. The SMILES string of the molecule is CC1CCC2CN1CC2(Cl)c1nsnc1Cl. The first kappa shape index (κ1) is 11.2. The standard InChI is InChI=1S/C10H13Cl2N3S/c1-6-2-3-7-4-15(6)5-10(7,12)8-9(11)14-16-13-8/h6-7H,2-5H2,1H3. The van der Waals surface area contributed by atoms with Crippen LogP contribution in [0.25, 0.3) is 0 Å². The van der Waals surface area contributed by atoms with Crippen LogP contribution in [-0.2, 0) is 4.87 Å². The molecule has 88 valence electrons. The van der Waals surface area contributed by atoms with Crippen molar-refractivity contribution in [3.05, 3.63) is 10.8 Å². The first-order chi connectivity index (χ1) is 7.61. The summed E-state index contributed by atoms with van der Waals surface area (Å²) in [4.78, 5) is 2.03. The smallest absolute Gasteiger partial charge is 0.167 e. The molecule has 2 fully saturated rings. The molecule has 4 atom stereocenters. The zero-order chi connectivity index (χ0) is 11.3. The van der Waals surface area contributed by atoms with Crippen LogP contribution in [0.3, 0.4) is 0 Å². The van der Waals surface area contributed by atoms with Crippen molar-refractivity contribution in [2.75, 3.05) is 13.1 Å². The van der Waals surface area contributed by atoms with Crippen LogP contribution in [0.5, 0.6) is 0 Å². The van der Waals surface area contributed by atoms with E-state index in [2.05, 4.69) is 20.6 Å². The Morgan fingerprint density at radius 3 is 2.88 bits per heavy atom. The summed E-state index contributed by atoms with van der Waals surface area (Å²) < 4.78 is 8.33. The van der Waals surface area contributed by atoms with Gasteiger partial charge >= 0.3 is 0 Å². The van der Waals surface area contributed by atoms with E-state index in [1.165, 1.54) is 6.42 Å². The van der Waals surface area contributed by atoms with Gasteiger partial charge in [0.05, 0.1) is 11.7 Å². The van der Waals surface area contributed by atoms with Gasteiger partial charge in [0.25, 0.3) is 0 Å². The maximum absolute atomic E-state index is 6.79. The molecule has 3 heterocycles. The summed E-state index contributed by atoms with van der Waals surface area (Å²) in [6, 6.07) is 0.627. The van der Waals surface area contributed by atoms with Crippen LogP contribution in [0.1, 0.15) is 25.5 Å². The fraction of sp³-hybridized carbons (Fsp3) is 0.800. The Balaban J connectivity index is 1.98. The van der Waals surface area contributed by atoms with E-state index >= 15 is 0 Å². The van der Waals surface area contributed by atoms with E-state index in [-0.39, 0.29) is 0 Å². The number of rotatable bonds is 1. The van der Waals surface area contributed by atoms with Crippen molar-refractivity contribution in [1.82, 2.24) is 13.6 Å². The van der Waals surface area contributed by atoms with Crippen LogP contribution < -0.4 is 0 Å². The molecule has 0 N–H and O–H groups in total. The number of aromatic nitrogens is 2. The lowest BCUT2D eigenvalue weighted by atomic mass is 9.87. The Hall–Kier alpha value is 0.1000. The second-order valence-corrected chi connectivity index (χ2v) is 6.38. The number of hydrogen-bond acceptors (Lipinski definition) is 4. The Kier molecular flexibility index (Phi) is 2.66. The third-order valence-corrected chi connectivity index (χ3v) is 5.43. The van der Waals surface area contributed by atoms with Crippen LogP contribution in [0.2, 0.25) is 5.15 Å². The van der Waals surface area contributed by atoms with E-state index in [9.17, 15) is 0 Å². The van der Waals surface area contributed by atoms with Gasteiger partial charge in [-0.2, -0.15) is 8.75 Å². The number of halogens is 2. The lowest BCUT2D eigenvalue weighted by Gasteiger charge is -2.29. The van der Waals surface area contributed by atoms with Crippen LogP contribution in [-0.4, -0.2) is 32.8 Å². The van der Waals surface area contributed by atoms with Gasteiger partial charge in [-0.1, -0.05) is 11.6 Å². The van der Waals surface area contributed by atoms with Crippen LogP contribution in [0.4, 0.5) is 0 Å². The highest BCUT2D eigenvalue weighted by molar-refractivity contribution is 6.99. The van der Waals surface area contributed by atoms with Crippen molar-refractivity contribution < 1.29 is 0 Å². The molecule has 4 unspecified atom stereocenters. The van der Waals surface area contributed by atoms with Gasteiger partial charge in [0.2, 0.25) is 0 Å². The molecule has 1 aromatic heterocycles. The molecule has 2 bridgehead atoms. The molecule has 0 spiro atoms. The number of fused-ring (bicyclic) bond motifs is 2. The molecular formula is C10H13Cl2N3S. The molecule has 0 amide bonds. The molecule has 0 aromatic carbocycles. The molecular weight excluding hydrogens is 265 g/mol. The minimum atomic E-state index is -0.408. The Morgan fingerprint density at radius 1 is 1.44 bits per heavy atom. The zero-order valence-electron chi connectivity index (χ0n) is 8.99. The third-order valence-electron chi connectivity index (χ3n) is 3.93. The molecule has 3 rings (SSSR count). The third kappa shape index (κ3) is 1.50. The molecule has 1 aromatic rings. The fourth-order valence-corrected chi connectivity index (χ4v) is 4.34. The van der Waals surface area contributed by atoms with Crippen molar-refractivity contribution in [2.24, 2.45) is 5.92 Å². The van der Waals surface area contributed by atoms with Crippen LogP contribution >= 0.6 is 34.9 Å². The largest absolute Gasteiger partial charge is 0.298 e. The summed E-state index contributed by atoms with van der Waals surface area (Å²) >= 11 is 14.0.